The third kappa shape index (κ3) is 5.10. The number of carbonyl (C=O) groups is 2. The number of benzene rings is 2. The molecule has 1 fully saturated rings. The van der Waals surface area contributed by atoms with Gasteiger partial charge in [-0.2, -0.15) is 0 Å². The molecule has 0 unspecified atom stereocenters. The Kier molecular flexibility index (Phi) is 6.13. The van der Waals surface area contributed by atoms with E-state index in [2.05, 4.69) is 5.32 Å². The first-order valence-electron chi connectivity index (χ1n) is 8.95. The van der Waals surface area contributed by atoms with Crippen LogP contribution in [0.15, 0.2) is 48.5 Å². The Morgan fingerprint density at radius 1 is 0.889 bits per heavy atom. The molecule has 7 heteroatoms. The molecule has 0 spiro atoms. The fourth-order valence-electron chi connectivity index (χ4n) is 3.11. The summed E-state index contributed by atoms with van der Waals surface area (Å²) in [5.41, 5.74) is 0.924. The molecular weight excluding hydrogens is 352 g/mol. The molecule has 3 rings (SSSR count). The first-order valence-corrected chi connectivity index (χ1v) is 8.95. The van der Waals surface area contributed by atoms with Crippen molar-refractivity contribution in [1.29, 1.82) is 0 Å². The SMILES string of the molecule is O=C(NCC[NH+]1CCN(C(=O)c2ccc(F)cc2)CC1)c1ccc(F)cc1. The molecule has 1 heterocycles. The van der Waals surface area contributed by atoms with Gasteiger partial charge in [-0.25, -0.2) is 8.78 Å². The van der Waals surface area contributed by atoms with Crippen molar-refractivity contribution < 1.29 is 23.3 Å². The average molecular weight is 374 g/mol. The first kappa shape index (κ1) is 19.0. The van der Waals surface area contributed by atoms with Gasteiger partial charge in [0.1, 0.15) is 11.6 Å². The molecule has 0 radical (unpaired) electrons. The number of carbonyl (C=O) groups excluding carboxylic acids is 2. The topological polar surface area (TPSA) is 53.9 Å². The molecule has 5 nitrogen and oxygen atoms in total. The second kappa shape index (κ2) is 8.73. The van der Waals surface area contributed by atoms with Crippen molar-refractivity contribution in [2.75, 3.05) is 39.3 Å². The van der Waals surface area contributed by atoms with Crippen molar-refractivity contribution in [1.82, 2.24) is 10.2 Å². The maximum Gasteiger partial charge on any atom is 0.254 e. The van der Waals surface area contributed by atoms with Gasteiger partial charge in [-0.05, 0) is 48.5 Å². The molecule has 1 aliphatic heterocycles. The Morgan fingerprint density at radius 3 is 1.96 bits per heavy atom. The lowest BCUT2D eigenvalue weighted by Gasteiger charge is -2.32. The average Bonchev–Trinajstić information content (AvgIpc) is 2.69. The molecule has 1 aliphatic rings. The van der Waals surface area contributed by atoms with Crippen molar-refractivity contribution in [3.05, 3.63) is 71.3 Å². The van der Waals surface area contributed by atoms with Crippen molar-refractivity contribution >= 4 is 11.8 Å². The van der Waals surface area contributed by atoms with Gasteiger partial charge in [-0.15, -0.1) is 0 Å². The maximum absolute atomic E-state index is 13.0. The van der Waals surface area contributed by atoms with E-state index in [0.717, 1.165) is 19.6 Å². The molecule has 0 saturated carbocycles. The number of halogens is 2. The van der Waals surface area contributed by atoms with E-state index in [-0.39, 0.29) is 23.4 Å². The van der Waals surface area contributed by atoms with Gasteiger partial charge in [0.25, 0.3) is 11.8 Å². The predicted octanol–water partition coefficient (Wildman–Crippen LogP) is 0.736. The minimum atomic E-state index is -0.371. The minimum absolute atomic E-state index is 0.0846. The van der Waals surface area contributed by atoms with Gasteiger partial charge < -0.3 is 15.1 Å². The second-order valence-electron chi connectivity index (χ2n) is 6.56. The molecule has 142 valence electrons. The third-order valence-corrected chi connectivity index (χ3v) is 4.72. The summed E-state index contributed by atoms with van der Waals surface area (Å²) >= 11 is 0. The van der Waals surface area contributed by atoms with Crippen LogP contribution in [0.3, 0.4) is 0 Å². The summed E-state index contributed by atoms with van der Waals surface area (Å²) in [6, 6.07) is 11.0. The van der Waals surface area contributed by atoms with E-state index < -0.39 is 0 Å². The number of nitrogens with one attached hydrogen (secondary N) is 2. The molecular formula is C20H22F2N3O2+. The smallest absolute Gasteiger partial charge is 0.254 e. The van der Waals surface area contributed by atoms with E-state index >= 15 is 0 Å². The van der Waals surface area contributed by atoms with E-state index in [9.17, 15) is 18.4 Å². The zero-order valence-corrected chi connectivity index (χ0v) is 14.9. The van der Waals surface area contributed by atoms with E-state index in [1.54, 1.807) is 4.90 Å². The van der Waals surface area contributed by atoms with Gasteiger partial charge in [0.15, 0.2) is 0 Å². The van der Waals surface area contributed by atoms with Crippen molar-refractivity contribution in [2.45, 2.75) is 0 Å². The van der Waals surface area contributed by atoms with Crippen LogP contribution in [0.25, 0.3) is 0 Å². The van der Waals surface area contributed by atoms with Crippen molar-refractivity contribution in [3.8, 4) is 0 Å². The highest BCUT2D eigenvalue weighted by Gasteiger charge is 2.24. The van der Waals surface area contributed by atoms with Crippen LogP contribution < -0.4 is 10.2 Å². The lowest BCUT2D eigenvalue weighted by molar-refractivity contribution is -0.902. The number of rotatable bonds is 5. The van der Waals surface area contributed by atoms with Gasteiger partial charge in [-0.1, -0.05) is 0 Å². The second-order valence-corrected chi connectivity index (χ2v) is 6.56. The normalized spacial score (nSPS) is 14.8. The summed E-state index contributed by atoms with van der Waals surface area (Å²) in [6.45, 7) is 4.09. The number of piperazine rings is 1. The van der Waals surface area contributed by atoms with Gasteiger partial charge in [-0.3, -0.25) is 9.59 Å². The first-order chi connectivity index (χ1) is 13.0. The summed E-state index contributed by atoms with van der Waals surface area (Å²) < 4.78 is 25.8. The summed E-state index contributed by atoms with van der Waals surface area (Å²) in [5.74, 6) is -1.04. The van der Waals surface area contributed by atoms with E-state index in [1.807, 2.05) is 0 Å². The van der Waals surface area contributed by atoms with Crippen molar-refractivity contribution in [2.24, 2.45) is 0 Å². The standard InChI is InChI=1S/C20H21F2N3O2/c21-17-5-1-15(2-6-17)19(26)23-9-10-24-11-13-25(14-12-24)20(27)16-3-7-18(22)8-4-16/h1-8H,9-14H2,(H,23,26)/p+1. The molecule has 0 aromatic heterocycles. The zero-order valence-electron chi connectivity index (χ0n) is 14.9. The Labute approximate surface area is 156 Å². The van der Waals surface area contributed by atoms with Crippen LogP contribution in [0, 0.1) is 11.6 Å². The lowest BCUT2D eigenvalue weighted by Crippen LogP contribution is -3.15. The molecule has 2 aromatic rings. The molecule has 0 bridgehead atoms. The molecule has 0 aliphatic carbocycles. The van der Waals surface area contributed by atoms with Gasteiger partial charge in [0.05, 0.1) is 39.3 Å². The Morgan fingerprint density at radius 2 is 1.41 bits per heavy atom. The van der Waals surface area contributed by atoms with Gasteiger partial charge in [0.2, 0.25) is 0 Å². The highest BCUT2D eigenvalue weighted by Crippen LogP contribution is 2.07. The number of quaternary nitrogens is 1. The largest absolute Gasteiger partial charge is 0.346 e. The van der Waals surface area contributed by atoms with Crippen LogP contribution in [0.4, 0.5) is 8.78 Å². The summed E-state index contributed by atoms with van der Waals surface area (Å²) in [6.07, 6.45) is 0. The van der Waals surface area contributed by atoms with Crippen LogP contribution in [0.1, 0.15) is 20.7 Å². The lowest BCUT2D eigenvalue weighted by atomic mass is 10.2. The van der Waals surface area contributed by atoms with Crippen LogP contribution in [0.5, 0.6) is 0 Å². The Bertz CT molecular complexity index is 783. The van der Waals surface area contributed by atoms with E-state index in [1.165, 1.54) is 53.4 Å². The van der Waals surface area contributed by atoms with Crippen molar-refractivity contribution in [3.63, 3.8) is 0 Å². The van der Waals surface area contributed by atoms with E-state index in [0.29, 0.717) is 30.8 Å². The quantitative estimate of drug-likeness (QED) is 0.811. The van der Waals surface area contributed by atoms with Crippen LogP contribution in [-0.4, -0.2) is 56.0 Å². The third-order valence-electron chi connectivity index (χ3n) is 4.72. The summed E-state index contributed by atoms with van der Waals surface area (Å²) in [4.78, 5) is 27.5. The summed E-state index contributed by atoms with van der Waals surface area (Å²) in [5, 5.41) is 2.83. The fraction of sp³-hybridized carbons (Fsp3) is 0.300. The maximum atomic E-state index is 13.0. The monoisotopic (exact) mass is 374 g/mol. The zero-order chi connectivity index (χ0) is 19.2. The Balaban J connectivity index is 1.40. The predicted molar refractivity (Wildman–Crippen MR) is 96.6 cm³/mol. The highest BCUT2D eigenvalue weighted by atomic mass is 19.1. The number of hydrogen-bond acceptors (Lipinski definition) is 2. The molecule has 2 N–H and O–H groups in total. The molecule has 0 atom stereocenters. The molecule has 2 aromatic carbocycles. The molecule has 1 saturated heterocycles. The fourth-order valence-corrected chi connectivity index (χ4v) is 3.11. The van der Waals surface area contributed by atoms with E-state index in [4.69, 9.17) is 0 Å². The van der Waals surface area contributed by atoms with Crippen LogP contribution >= 0.6 is 0 Å². The molecule has 27 heavy (non-hydrogen) atoms. The van der Waals surface area contributed by atoms with Crippen LogP contribution in [0.2, 0.25) is 0 Å². The molecule has 2 amide bonds. The number of amides is 2. The highest BCUT2D eigenvalue weighted by molar-refractivity contribution is 5.94. The number of hydrogen-bond donors (Lipinski definition) is 2. The number of nitrogens with zero attached hydrogens (tertiary/aromatic N) is 1. The van der Waals surface area contributed by atoms with Crippen LogP contribution in [-0.2, 0) is 0 Å². The minimum Gasteiger partial charge on any atom is -0.346 e. The Hall–Kier alpha value is -2.80. The van der Waals surface area contributed by atoms with Gasteiger partial charge >= 0.3 is 0 Å². The van der Waals surface area contributed by atoms with Gasteiger partial charge in [0, 0.05) is 11.1 Å². The summed E-state index contributed by atoms with van der Waals surface area (Å²) in [7, 11) is 0.